The van der Waals surface area contributed by atoms with Crippen molar-refractivity contribution in [3.63, 3.8) is 0 Å². The van der Waals surface area contributed by atoms with Crippen molar-refractivity contribution in [3.05, 3.63) is 105 Å². The van der Waals surface area contributed by atoms with Gasteiger partial charge < -0.3 is 4.57 Å². The zero-order valence-corrected chi connectivity index (χ0v) is 19.4. The summed E-state index contributed by atoms with van der Waals surface area (Å²) in [5.41, 5.74) is 6.60. The molecule has 0 aliphatic heterocycles. The second-order valence-electron chi connectivity index (χ2n) is 9.32. The van der Waals surface area contributed by atoms with Gasteiger partial charge in [-0.1, -0.05) is 83.1 Å². The maximum atomic E-state index is 12.8. The van der Waals surface area contributed by atoms with Crippen molar-refractivity contribution in [1.29, 1.82) is 0 Å². The Morgan fingerprint density at radius 3 is 2.28 bits per heavy atom. The first-order valence-corrected chi connectivity index (χ1v) is 10.9. The molecule has 0 atom stereocenters. The molecule has 166 valence electrons. The lowest BCUT2D eigenvalue weighted by Gasteiger charge is -2.19. The molecule has 0 radical (unpaired) electrons. The van der Waals surface area contributed by atoms with Crippen LogP contribution in [-0.4, -0.2) is 16.7 Å². The average Bonchev–Trinajstić information content (AvgIpc) is 2.75. The molecule has 32 heavy (non-hydrogen) atoms. The highest BCUT2D eigenvalue weighted by Gasteiger charge is 2.14. The first kappa shape index (κ1) is 23.2. The number of hydrogen-bond acceptors (Lipinski definition) is 3. The Hall–Kier alpha value is -3.47. The van der Waals surface area contributed by atoms with Gasteiger partial charge >= 0.3 is 0 Å². The number of benzene rings is 2. The van der Waals surface area contributed by atoms with Crippen LogP contribution in [0, 0.1) is 0 Å². The van der Waals surface area contributed by atoms with Gasteiger partial charge in [0.2, 0.25) is 0 Å². The molecule has 1 heterocycles. The van der Waals surface area contributed by atoms with Gasteiger partial charge in [-0.05, 0) is 45.7 Å². The molecule has 5 heteroatoms. The van der Waals surface area contributed by atoms with Gasteiger partial charge in [-0.3, -0.25) is 9.59 Å². The van der Waals surface area contributed by atoms with Crippen LogP contribution in [0.1, 0.15) is 73.1 Å². The topological polar surface area (TPSA) is 63.5 Å². The van der Waals surface area contributed by atoms with Crippen molar-refractivity contribution in [2.45, 2.75) is 52.5 Å². The molecule has 0 fully saturated rings. The van der Waals surface area contributed by atoms with Crippen molar-refractivity contribution in [1.82, 2.24) is 9.99 Å². The summed E-state index contributed by atoms with van der Waals surface area (Å²) >= 11 is 0. The first-order chi connectivity index (χ1) is 15.1. The molecule has 0 aliphatic carbocycles. The Morgan fingerprint density at radius 1 is 1.03 bits per heavy atom. The summed E-state index contributed by atoms with van der Waals surface area (Å²) in [5.74, 6) is -0.0696. The van der Waals surface area contributed by atoms with Crippen LogP contribution in [0.15, 0.2) is 76.8 Å². The smallest absolute Gasteiger partial charge is 0.276 e. The largest absolute Gasteiger partial charge is 0.310 e. The Kier molecular flexibility index (Phi) is 7.08. The third kappa shape index (κ3) is 5.82. The van der Waals surface area contributed by atoms with Crippen LogP contribution in [0.4, 0.5) is 0 Å². The van der Waals surface area contributed by atoms with Gasteiger partial charge in [0, 0.05) is 6.20 Å². The second kappa shape index (κ2) is 9.77. The van der Waals surface area contributed by atoms with Crippen molar-refractivity contribution >= 4 is 12.1 Å². The van der Waals surface area contributed by atoms with Crippen LogP contribution < -0.4 is 11.0 Å². The predicted molar refractivity (Wildman–Crippen MR) is 131 cm³/mol. The van der Waals surface area contributed by atoms with Gasteiger partial charge in [0.05, 0.1) is 12.8 Å². The summed E-state index contributed by atoms with van der Waals surface area (Å²) < 4.78 is 1.54. The number of rotatable bonds is 6. The number of hydrazone groups is 1. The van der Waals surface area contributed by atoms with E-state index in [1.54, 1.807) is 18.5 Å². The summed E-state index contributed by atoms with van der Waals surface area (Å²) in [7, 11) is 0. The van der Waals surface area contributed by atoms with Crippen LogP contribution in [0.5, 0.6) is 0 Å². The number of carbonyl (C=O) groups excluding carboxylic acids is 1. The quantitative estimate of drug-likeness (QED) is 0.439. The molecule has 1 N–H and O–H groups in total. The number of nitrogens with one attached hydrogen (secondary N) is 1. The maximum Gasteiger partial charge on any atom is 0.276 e. The Bertz CT molecular complexity index is 1150. The van der Waals surface area contributed by atoms with E-state index in [2.05, 4.69) is 57.3 Å². The fourth-order valence-corrected chi connectivity index (χ4v) is 3.33. The molecule has 3 aromatic rings. The van der Waals surface area contributed by atoms with E-state index in [1.165, 1.54) is 21.8 Å². The summed E-state index contributed by atoms with van der Waals surface area (Å²) in [5, 5.41) is 4.01. The number of hydrogen-bond donors (Lipinski definition) is 1. The molecule has 0 bridgehead atoms. The van der Waals surface area contributed by atoms with Gasteiger partial charge in [-0.15, -0.1) is 0 Å². The van der Waals surface area contributed by atoms with E-state index in [-0.39, 0.29) is 16.5 Å². The molecule has 3 rings (SSSR count). The molecule has 0 unspecified atom stereocenters. The fourth-order valence-electron chi connectivity index (χ4n) is 3.33. The lowest BCUT2D eigenvalue weighted by atomic mass is 9.87. The Labute approximate surface area is 189 Å². The molecule has 1 aromatic heterocycles. The number of carbonyl (C=O) groups is 1. The minimum Gasteiger partial charge on any atom is -0.310 e. The normalized spacial score (nSPS) is 11.8. The zero-order chi connectivity index (χ0) is 23.3. The average molecular weight is 430 g/mol. The van der Waals surface area contributed by atoms with Gasteiger partial charge in [0.1, 0.15) is 5.56 Å². The summed E-state index contributed by atoms with van der Waals surface area (Å²) in [4.78, 5) is 25.3. The molecule has 2 aromatic carbocycles. The van der Waals surface area contributed by atoms with E-state index in [9.17, 15) is 9.59 Å². The van der Waals surface area contributed by atoms with Crippen LogP contribution in [0.25, 0.3) is 0 Å². The second-order valence-corrected chi connectivity index (χ2v) is 9.32. The molecule has 0 spiro atoms. The minimum absolute atomic E-state index is 0.0612. The van der Waals surface area contributed by atoms with Crippen molar-refractivity contribution < 1.29 is 4.79 Å². The monoisotopic (exact) mass is 429 g/mol. The van der Waals surface area contributed by atoms with E-state index in [4.69, 9.17) is 0 Å². The summed E-state index contributed by atoms with van der Waals surface area (Å²) in [6.45, 7) is 11.2. The molecule has 1 amide bonds. The number of aromatic nitrogens is 1. The van der Waals surface area contributed by atoms with Gasteiger partial charge in [0.15, 0.2) is 0 Å². The van der Waals surface area contributed by atoms with E-state index in [0.29, 0.717) is 12.5 Å². The SMILES string of the molecule is CC(C)c1ccc(/C=N\NC(=O)c2cccn(Cc3ccc(C(C)(C)C)cc3)c2=O)cc1. The molecule has 5 nitrogen and oxygen atoms in total. The first-order valence-electron chi connectivity index (χ1n) is 10.9. The van der Waals surface area contributed by atoms with Crippen molar-refractivity contribution in [2.75, 3.05) is 0 Å². The number of nitrogens with zero attached hydrogens (tertiary/aromatic N) is 2. The Morgan fingerprint density at radius 2 is 1.69 bits per heavy atom. The third-order valence-corrected chi connectivity index (χ3v) is 5.42. The molecule has 0 saturated heterocycles. The van der Waals surface area contributed by atoms with Crippen LogP contribution in [-0.2, 0) is 12.0 Å². The van der Waals surface area contributed by atoms with E-state index < -0.39 is 5.91 Å². The maximum absolute atomic E-state index is 12.8. The van der Waals surface area contributed by atoms with Crippen molar-refractivity contribution in [2.24, 2.45) is 5.10 Å². The van der Waals surface area contributed by atoms with E-state index in [0.717, 1.165) is 11.1 Å². The number of pyridine rings is 1. The lowest BCUT2D eigenvalue weighted by molar-refractivity contribution is 0.0953. The highest BCUT2D eigenvalue weighted by molar-refractivity contribution is 5.94. The molecule has 0 saturated carbocycles. The third-order valence-electron chi connectivity index (χ3n) is 5.42. The van der Waals surface area contributed by atoms with Gasteiger partial charge in [0.25, 0.3) is 11.5 Å². The van der Waals surface area contributed by atoms with Gasteiger partial charge in [-0.25, -0.2) is 5.43 Å². The van der Waals surface area contributed by atoms with E-state index in [1.807, 2.05) is 36.4 Å². The molecular formula is C27H31N3O2. The molecule has 0 aliphatic rings. The van der Waals surface area contributed by atoms with Gasteiger partial charge in [-0.2, -0.15) is 5.10 Å². The lowest BCUT2D eigenvalue weighted by Crippen LogP contribution is -2.30. The van der Waals surface area contributed by atoms with Crippen LogP contribution in [0.3, 0.4) is 0 Å². The zero-order valence-electron chi connectivity index (χ0n) is 19.4. The van der Waals surface area contributed by atoms with E-state index >= 15 is 0 Å². The minimum atomic E-state index is -0.525. The van der Waals surface area contributed by atoms with Crippen LogP contribution >= 0.6 is 0 Å². The molecular weight excluding hydrogens is 398 g/mol. The number of amides is 1. The predicted octanol–water partition coefficient (Wildman–Crippen LogP) is 5.08. The van der Waals surface area contributed by atoms with Crippen LogP contribution in [0.2, 0.25) is 0 Å². The highest BCUT2D eigenvalue weighted by Crippen LogP contribution is 2.22. The standard InChI is InChI=1S/C27H31N3O2/c1-19(2)22-12-8-20(9-13-22)17-28-29-25(31)24-7-6-16-30(26(24)32)18-21-10-14-23(15-11-21)27(3,4)5/h6-17,19H,18H2,1-5H3,(H,29,31)/b28-17-. The summed E-state index contributed by atoms with van der Waals surface area (Å²) in [6, 6.07) is 19.4. The summed E-state index contributed by atoms with van der Waals surface area (Å²) in [6.07, 6.45) is 3.26. The fraction of sp³-hybridized carbons (Fsp3) is 0.296. The highest BCUT2D eigenvalue weighted by atomic mass is 16.2. The van der Waals surface area contributed by atoms with Crippen molar-refractivity contribution in [3.8, 4) is 0 Å². The Balaban J connectivity index is 1.69.